The molecule has 0 unspecified atom stereocenters. The molecule has 1 aromatic carbocycles. The molecule has 0 radical (unpaired) electrons. The van der Waals surface area contributed by atoms with Crippen molar-refractivity contribution < 1.29 is 9.53 Å². The highest BCUT2D eigenvalue weighted by atomic mass is 35.5. The summed E-state index contributed by atoms with van der Waals surface area (Å²) < 4.78 is 6.32. The zero-order valence-electron chi connectivity index (χ0n) is 10.4. The average Bonchev–Trinajstić information content (AvgIpc) is 2.75. The monoisotopic (exact) mass is 330 g/mol. The third kappa shape index (κ3) is 4.03. The number of ether oxygens (including phenoxy) is 1. The molecule has 3 N–H and O–H groups in total. The van der Waals surface area contributed by atoms with E-state index in [2.05, 4.69) is 5.32 Å². The van der Waals surface area contributed by atoms with Gasteiger partial charge in [0.25, 0.3) is 5.91 Å². The summed E-state index contributed by atoms with van der Waals surface area (Å²) in [7, 11) is 0. The number of hydrogen-bond donors (Lipinski definition) is 2. The highest BCUT2D eigenvalue weighted by molar-refractivity contribution is 7.20. The fourth-order valence-electron chi connectivity index (χ4n) is 1.49. The lowest BCUT2D eigenvalue weighted by Crippen LogP contribution is -2.27. The normalized spacial score (nSPS) is 10.3. The second-order valence-corrected chi connectivity index (χ2v) is 6.20. The van der Waals surface area contributed by atoms with Gasteiger partial charge in [-0.2, -0.15) is 0 Å². The molecule has 0 aliphatic heterocycles. The highest BCUT2D eigenvalue weighted by Crippen LogP contribution is 2.30. The molecule has 0 aliphatic rings. The third-order valence-electron chi connectivity index (χ3n) is 2.44. The van der Waals surface area contributed by atoms with Crippen molar-refractivity contribution in [3.05, 3.63) is 44.6 Å². The topological polar surface area (TPSA) is 64.3 Å². The Hall–Kier alpha value is -1.43. The van der Waals surface area contributed by atoms with E-state index in [1.807, 2.05) is 0 Å². The van der Waals surface area contributed by atoms with E-state index in [1.54, 1.807) is 30.3 Å². The van der Waals surface area contributed by atoms with Gasteiger partial charge in [-0.3, -0.25) is 4.79 Å². The number of halogens is 2. The van der Waals surface area contributed by atoms with Crippen LogP contribution < -0.4 is 15.8 Å². The standard InChI is InChI=1S/C13H12Cl2N2O2S/c14-11-7-10(12(15)20-11)13(18)17-5-6-19-9-3-1-8(16)2-4-9/h1-4,7H,5-6,16H2,(H,17,18). The van der Waals surface area contributed by atoms with Gasteiger partial charge in [-0.05, 0) is 30.3 Å². The van der Waals surface area contributed by atoms with Crippen molar-refractivity contribution in [2.45, 2.75) is 0 Å². The quantitative estimate of drug-likeness (QED) is 0.651. The first-order valence-corrected chi connectivity index (χ1v) is 7.35. The molecule has 0 aliphatic carbocycles. The Morgan fingerprint density at radius 2 is 2.00 bits per heavy atom. The molecule has 1 aromatic heterocycles. The predicted molar refractivity (Wildman–Crippen MR) is 83.0 cm³/mol. The predicted octanol–water partition coefficient (Wildman–Crippen LogP) is 3.45. The summed E-state index contributed by atoms with van der Waals surface area (Å²) >= 11 is 12.8. The molecule has 2 aromatic rings. The first kappa shape index (κ1) is 15.0. The van der Waals surface area contributed by atoms with Crippen LogP contribution in [0.25, 0.3) is 0 Å². The average molecular weight is 331 g/mol. The number of thiophene rings is 1. The first-order chi connectivity index (χ1) is 9.56. The van der Waals surface area contributed by atoms with Crippen molar-refractivity contribution in [3.63, 3.8) is 0 Å². The summed E-state index contributed by atoms with van der Waals surface area (Å²) in [6, 6.07) is 8.59. The largest absolute Gasteiger partial charge is 0.492 e. The van der Waals surface area contributed by atoms with Gasteiger partial charge < -0.3 is 15.8 Å². The van der Waals surface area contributed by atoms with Crippen molar-refractivity contribution in [2.24, 2.45) is 0 Å². The highest BCUT2D eigenvalue weighted by Gasteiger charge is 2.13. The van der Waals surface area contributed by atoms with Gasteiger partial charge in [0.2, 0.25) is 0 Å². The zero-order valence-corrected chi connectivity index (χ0v) is 12.7. The van der Waals surface area contributed by atoms with Gasteiger partial charge in [-0.25, -0.2) is 0 Å². The van der Waals surface area contributed by atoms with E-state index in [0.29, 0.717) is 38.8 Å². The number of nitrogen functional groups attached to an aromatic ring is 1. The number of nitrogens with two attached hydrogens (primary N) is 1. The number of nitrogens with one attached hydrogen (secondary N) is 1. The molecule has 0 saturated heterocycles. The zero-order chi connectivity index (χ0) is 14.5. The molecule has 1 heterocycles. The number of carbonyl (C=O) groups is 1. The van der Waals surface area contributed by atoms with Gasteiger partial charge in [0.1, 0.15) is 16.7 Å². The number of amides is 1. The second-order valence-electron chi connectivity index (χ2n) is 3.91. The minimum atomic E-state index is -0.265. The maximum atomic E-state index is 11.8. The molecule has 0 atom stereocenters. The molecule has 0 bridgehead atoms. The van der Waals surface area contributed by atoms with E-state index >= 15 is 0 Å². The second kappa shape index (κ2) is 6.83. The van der Waals surface area contributed by atoms with Crippen LogP contribution in [-0.4, -0.2) is 19.1 Å². The maximum absolute atomic E-state index is 11.8. The van der Waals surface area contributed by atoms with E-state index in [-0.39, 0.29) is 5.91 Å². The molecule has 0 saturated carbocycles. The lowest BCUT2D eigenvalue weighted by atomic mass is 10.3. The number of carbonyl (C=O) groups excluding carboxylic acids is 1. The molecule has 20 heavy (non-hydrogen) atoms. The van der Waals surface area contributed by atoms with E-state index in [4.69, 9.17) is 33.7 Å². The van der Waals surface area contributed by atoms with Gasteiger partial charge >= 0.3 is 0 Å². The van der Waals surface area contributed by atoms with Gasteiger partial charge in [-0.15, -0.1) is 11.3 Å². The van der Waals surface area contributed by atoms with Crippen LogP contribution in [0, 0.1) is 0 Å². The molecule has 0 fully saturated rings. The van der Waals surface area contributed by atoms with Gasteiger partial charge in [-0.1, -0.05) is 23.2 Å². The summed E-state index contributed by atoms with van der Waals surface area (Å²) in [5.41, 5.74) is 6.63. The van der Waals surface area contributed by atoms with E-state index in [0.717, 1.165) is 11.3 Å². The van der Waals surface area contributed by atoms with Crippen LogP contribution in [0.4, 0.5) is 5.69 Å². The van der Waals surface area contributed by atoms with Crippen LogP contribution >= 0.6 is 34.5 Å². The van der Waals surface area contributed by atoms with Crippen LogP contribution in [0.1, 0.15) is 10.4 Å². The minimum absolute atomic E-state index is 0.265. The van der Waals surface area contributed by atoms with Crippen molar-refractivity contribution in [3.8, 4) is 5.75 Å². The Balaban J connectivity index is 1.77. The van der Waals surface area contributed by atoms with Crippen LogP contribution in [0.2, 0.25) is 8.67 Å². The Morgan fingerprint density at radius 1 is 1.30 bits per heavy atom. The molecular formula is C13H12Cl2N2O2S. The summed E-state index contributed by atoms with van der Waals surface area (Å²) in [6.45, 7) is 0.720. The van der Waals surface area contributed by atoms with E-state index in [1.165, 1.54) is 0 Å². The van der Waals surface area contributed by atoms with Gasteiger partial charge in [0.15, 0.2) is 0 Å². The lowest BCUT2D eigenvalue weighted by Gasteiger charge is -2.07. The fraction of sp³-hybridized carbons (Fsp3) is 0.154. The number of rotatable bonds is 5. The van der Waals surface area contributed by atoms with E-state index < -0.39 is 0 Å². The Labute approximate surface area is 130 Å². The molecule has 4 nitrogen and oxygen atoms in total. The molecule has 106 valence electrons. The number of hydrogen-bond acceptors (Lipinski definition) is 4. The third-order valence-corrected chi connectivity index (χ3v) is 3.93. The van der Waals surface area contributed by atoms with Gasteiger partial charge in [0, 0.05) is 5.69 Å². The number of benzene rings is 1. The Morgan fingerprint density at radius 3 is 2.60 bits per heavy atom. The fourth-order valence-corrected chi connectivity index (χ4v) is 2.95. The van der Waals surface area contributed by atoms with Crippen molar-refractivity contribution >= 4 is 46.1 Å². The maximum Gasteiger partial charge on any atom is 0.253 e. The molecule has 1 amide bonds. The van der Waals surface area contributed by atoms with Crippen LogP contribution in [0.5, 0.6) is 5.75 Å². The SMILES string of the molecule is Nc1ccc(OCCNC(=O)c2cc(Cl)sc2Cl)cc1. The van der Waals surface area contributed by atoms with Crippen molar-refractivity contribution in [1.29, 1.82) is 0 Å². The molecule has 2 rings (SSSR count). The first-order valence-electron chi connectivity index (χ1n) is 5.77. The smallest absolute Gasteiger partial charge is 0.253 e. The Kier molecular flexibility index (Phi) is 5.11. The summed E-state index contributed by atoms with van der Waals surface area (Å²) in [4.78, 5) is 11.8. The molecular weight excluding hydrogens is 319 g/mol. The molecule has 0 spiro atoms. The lowest BCUT2D eigenvalue weighted by molar-refractivity contribution is 0.0947. The van der Waals surface area contributed by atoms with Crippen molar-refractivity contribution in [2.75, 3.05) is 18.9 Å². The summed E-state index contributed by atoms with van der Waals surface area (Å²) in [6.07, 6.45) is 0. The minimum Gasteiger partial charge on any atom is -0.492 e. The summed E-state index contributed by atoms with van der Waals surface area (Å²) in [5, 5.41) is 2.71. The van der Waals surface area contributed by atoms with Crippen molar-refractivity contribution in [1.82, 2.24) is 5.32 Å². The van der Waals surface area contributed by atoms with Crippen LogP contribution in [-0.2, 0) is 0 Å². The number of anilines is 1. The van der Waals surface area contributed by atoms with Gasteiger partial charge in [0.05, 0.1) is 16.4 Å². The summed E-state index contributed by atoms with van der Waals surface area (Å²) in [5.74, 6) is 0.434. The Bertz CT molecular complexity index is 599. The van der Waals surface area contributed by atoms with E-state index in [9.17, 15) is 4.79 Å². The van der Waals surface area contributed by atoms with Crippen LogP contribution in [0.3, 0.4) is 0 Å². The molecule has 7 heteroatoms. The van der Waals surface area contributed by atoms with Crippen LogP contribution in [0.15, 0.2) is 30.3 Å².